The minimum Gasteiger partial charge on any atom is -0.497 e. The molecule has 3 rings (SSSR count). The van der Waals surface area contributed by atoms with E-state index in [0.717, 1.165) is 11.1 Å². The molecule has 0 saturated heterocycles. The highest BCUT2D eigenvalue weighted by Gasteiger charge is 2.08. The molecule has 0 radical (unpaired) electrons. The molecule has 0 heterocycles. The summed E-state index contributed by atoms with van der Waals surface area (Å²) in [6.07, 6.45) is -0.129. The highest BCUT2D eigenvalue weighted by atomic mass is 19.1. The molecule has 0 aromatic heterocycles. The van der Waals surface area contributed by atoms with Crippen LogP contribution in [-0.4, -0.2) is 18.2 Å². The predicted molar refractivity (Wildman–Crippen MR) is 101 cm³/mol. The van der Waals surface area contributed by atoms with Crippen molar-refractivity contribution >= 4 is 5.97 Å². The lowest BCUT2D eigenvalue weighted by atomic mass is 10.0. The van der Waals surface area contributed by atoms with Gasteiger partial charge in [0.2, 0.25) is 0 Å². The van der Waals surface area contributed by atoms with E-state index in [1.54, 1.807) is 43.3 Å². The molecule has 0 bridgehead atoms. The Labute approximate surface area is 156 Å². The van der Waals surface area contributed by atoms with Gasteiger partial charge in [-0.25, -0.2) is 4.39 Å². The van der Waals surface area contributed by atoms with Crippen LogP contribution in [0.3, 0.4) is 0 Å². The summed E-state index contributed by atoms with van der Waals surface area (Å²) in [7, 11) is 1.51. The molecular weight excluding hydrogens is 347 g/mol. The fourth-order valence-corrected chi connectivity index (χ4v) is 2.73. The van der Waals surface area contributed by atoms with Crippen molar-refractivity contribution in [3.63, 3.8) is 0 Å². The molecule has 3 aromatic rings. The normalized spacial score (nSPS) is 10.5. The van der Waals surface area contributed by atoms with E-state index in [9.17, 15) is 9.18 Å². The first-order valence-corrected chi connectivity index (χ1v) is 8.39. The number of methoxy groups -OCH3 is 1. The highest BCUT2D eigenvalue weighted by Crippen LogP contribution is 2.31. The number of carboxylic acid groups (broad SMARTS) is 1. The van der Waals surface area contributed by atoms with Gasteiger partial charge in [0.25, 0.3) is 0 Å². The molecule has 0 saturated carbocycles. The van der Waals surface area contributed by atoms with Gasteiger partial charge in [0.05, 0.1) is 13.5 Å². The van der Waals surface area contributed by atoms with Crippen LogP contribution in [0.25, 0.3) is 11.1 Å². The number of rotatable bonds is 6. The van der Waals surface area contributed by atoms with Crippen molar-refractivity contribution in [3.8, 4) is 28.4 Å². The Bertz CT molecular complexity index is 982. The SMILES string of the molecule is COc1cc(CC(=O)O)cc(Oc2cccc(-c3ccc(C)c(F)c3)c2)c1. The van der Waals surface area contributed by atoms with E-state index < -0.39 is 5.97 Å². The van der Waals surface area contributed by atoms with Crippen molar-refractivity contribution < 1.29 is 23.8 Å². The molecule has 5 heteroatoms. The van der Waals surface area contributed by atoms with E-state index >= 15 is 0 Å². The van der Waals surface area contributed by atoms with Gasteiger partial charge in [0.1, 0.15) is 23.1 Å². The Balaban J connectivity index is 1.90. The fourth-order valence-electron chi connectivity index (χ4n) is 2.73. The number of hydrogen-bond donors (Lipinski definition) is 1. The number of halogens is 1. The Morgan fingerprint density at radius 3 is 2.41 bits per heavy atom. The average Bonchev–Trinajstić information content (AvgIpc) is 2.63. The summed E-state index contributed by atoms with van der Waals surface area (Å²) >= 11 is 0. The topological polar surface area (TPSA) is 55.8 Å². The summed E-state index contributed by atoms with van der Waals surface area (Å²) in [4.78, 5) is 11.0. The summed E-state index contributed by atoms with van der Waals surface area (Å²) in [5.41, 5.74) is 2.74. The van der Waals surface area contributed by atoms with Crippen LogP contribution in [0.5, 0.6) is 17.2 Å². The van der Waals surface area contributed by atoms with Crippen LogP contribution in [0.4, 0.5) is 4.39 Å². The quantitative estimate of drug-likeness (QED) is 0.649. The Morgan fingerprint density at radius 1 is 0.963 bits per heavy atom. The largest absolute Gasteiger partial charge is 0.497 e. The van der Waals surface area contributed by atoms with Gasteiger partial charge in [-0.3, -0.25) is 4.79 Å². The average molecular weight is 366 g/mol. The second-order valence-electron chi connectivity index (χ2n) is 6.18. The van der Waals surface area contributed by atoms with E-state index in [-0.39, 0.29) is 12.2 Å². The van der Waals surface area contributed by atoms with Gasteiger partial charge in [-0.2, -0.15) is 0 Å². The van der Waals surface area contributed by atoms with E-state index in [2.05, 4.69) is 0 Å². The summed E-state index contributed by atoms with van der Waals surface area (Å²) in [6.45, 7) is 1.72. The van der Waals surface area contributed by atoms with E-state index in [0.29, 0.717) is 28.4 Å². The standard InChI is InChI=1S/C22H19FO4/c1-14-6-7-17(12-21(14)23)16-4-3-5-18(11-16)27-20-9-15(10-22(24)25)8-19(13-20)26-2/h3-9,11-13H,10H2,1-2H3,(H,24,25). The summed E-state index contributed by atoms with van der Waals surface area (Å²) in [6, 6.07) is 17.4. The number of ether oxygens (including phenoxy) is 2. The monoisotopic (exact) mass is 366 g/mol. The first-order valence-electron chi connectivity index (χ1n) is 8.39. The molecule has 4 nitrogen and oxygen atoms in total. The molecule has 0 aliphatic heterocycles. The molecular formula is C22H19FO4. The third-order valence-corrected chi connectivity index (χ3v) is 4.11. The first kappa shape index (κ1) is 18.5. The molecule has 3 aromatic carbocycles. The molecule has 0 atom stereocenters. The number of benzene rings is 3. The van der Waals surface area contributed by atoms with Gasteiger partial charge >= 0.3 is 5.97 Å². The van der Waals surface area contributed by atoms with Crippen molar-refractivity contribution in [2.45, 2.75) is 13.3 Å². The zero-order valence-corrected chi connectivity index (χ0v) is 15.0. The van der Waals surface area contributed by atoms with Gasteiger partial charge in [0.15, 0.2) is 0 Å². The second-order valence-corrected chi connectivity index (χ2v) is 6.18. The maximum absolute atomic E-state index is 13.9. The lowest BCUT2D eigenvalue weighted by Gasteiger charge is -2.11. The minimum atomic E-state index is -0.933. The van der Waals surface area contributed by atoms with Crippen molar-refractivity contribution in [3.05, 3.63) is 77.6 Å². The van der Waals surface area contributed by atoms with Crippen LogP contribution in [0.2, 0.25) is 0 Å². The molecule has 0 aliphatic carbocycles. The minimum absolute atomic E-state index is 0.129. The maximum Gasteiger partial charge on any atom is 0.307 e. The van der Waals surface area contributed by atoms with E-state index in [1.165, 1.54) is 13.2 Å². The highest BCUT2D eigenvalue weighted by molar-refractivity contribution is 5.71. The molecule has 0 spiro atoms. The third kappa shape index (κ3) is 4.64. The van der Waals surface area contributed by atoms with Crippen LogP contribution in [0.1, 0.15) is 11.1 Å². The molecule has 0 amide bonds. The maximum atomic E-state index is 13.9. The van der Waals surface area contributed by atoms with Crippen LogP contribution in [-0.2, 0) is 11.2 Å². The Hall–Kier alpha value is -3.34. The predicted octanol–water partition coefficient (Wildman–Crippen LogP) is 5.23. The van der Waals surface area contributed by atoms with Crippen molar-refractivity contribution in [1.82, 2.24) is 0 Å². The van der Waals surface area contributed by atoms with Crippen molar-refractivity contribution in [2.75, 3.05) is 7.11 Å². The lowest BCUT2D eigenvalue weighted by molar-refractivity contribution is -0.136. The van der Waals surface area contributed by atoms with Gasteiger partial charge in [-0.1, -0.05) is 24.3 Å². The number of aliphatic carboxylic acids is 1. The zero-order chi connectivity index (χ0) is 19.4. The summed E-state index contributed by atoms with van der Waals surface area (Å²) < 4.78 is 25.0. The van der Waals surface area contributed by atoms with Crippen LogP contribution in [0.15, 0.2) is 60.7 Å². The van der Waals surface area contributed by atoms with Crippen molar-refractivity contribution in [2.24, 2.45) is 0 Å². The molecule has 138 valence electrons. The molecule has 0 unspecified atom stereocenters. The van der Waals surface area contributed by atoms with Crippen LogP contribution >= 0.6 is 0 Å². The summed E-state index contributed by atoms with van der Waals surface area (Å²) in [5, 5.41) is 9.00. The number of carboxylic acids is 1. The second kappa shape index (κ2) is 7.91. The number of aryl methyl sites for hydroxylation is 1. The fraction of sp³-hybridized carbons (Fsp3) is 0.136. The van der Waals surface area contributed by atoms with Gasteiger partial charge < -0.3 is 14.6 Å². The Kier molecular flexibility index (Phi) is 5.41. The number of carbonyl (C=O) groups is 1. The lowest BCUT2D eigenvalue weighted by Crippen LogP contribution is -2.00. The van der Waals surface area contributed by atoms with Crippen LogP contribution in [0, 0.1) is 12.7 Å². The van der Waals surface area contributed by atoms with Gasteiger partial charge in [-0.05, 0) is 59.5 Å². The van der Waals surface area contributed by atoms with Crippen molar-refractivity contribution in [1.29, 1.82) is 0 Å². The Morgan fingerprint density at radius 2 is 1.70 bits per heavy atom. The van der Waals surface area contributed by atoms with Crippen LogP contribution < -0.4 is 9.47 Å². The summed E-state index contributed by atoms with van der Waals surface area (Å²) in [5.74, 6) is 0.351. The smallest absolute Gasteiger partial charge is 0.307 e. The molecule has 0 fully saturated rings. The zero-order valence-electron chi connectivity index (χ0n) is 15.0. The molecule has 27 heavy (non-hydrogen) atoms. The first-order chi connectivity index (χ1) is 12.9. The molecule has 1 N–H and O–H groups in total. The molecule has 0 aliphatic rings. The third-order valence-electron chi connectivity index (χ3n) is 4.11. The van der Waals surface area contributed by atoms with Gasteiger partial charge in [-0.15, -0.1) is 0 Å². The van der Waals surface area contributed by atoms with Gasteiger partial charge in [0, 0.05) is 6.07 Å². The number of hydrogen-bond acceptors (Lipinski definition) is 3. The van der Waals surface area contributed by atoms with E-state index in [4.69, 9.17) is 14.6 Å². The van der Waals surface area contributed by atoms with E-state index in [1.807, 2.05) is 18.2 Å².